The Bertz CT molecular complexity index is 736. The molecule has 0 aromatic carbocycles. The number of carbonyl (C=O) groups excluding carboxylic acids is 1. The van der Waals surface area contributed by atoms with E-state index in [2.05, 4.69) is 21.7 Å². The lowest BCUT2D eigenvalue weighted by molar-refractivity contribution is 0.0587. The van der Waals surface area contributed by atoms with Crippen molar-refractivity contribution in [2.45, 2.75) is 89.0 Å². The first-order valence-corrected chi connectivity index (χ1v) is 11.1. The maximum atomic E-state index is 11.8. The van der Waals surface area contributed by atoms with Crippen LogP contribution in [0.4, 0.5) is 0 Å². The number of hydrogen-bond donors (Lipinski definition) is 2. The smallest absolute Gasteiger partial charge is 0.276 e. The van der Waals surface area contributed by atoms with Gasteiger partial charge in [0.15, 0.2) is 0 Å². The summed E-state index contributed by atoms with van der Waals surface area (Å²) in [6.07, 6.45) is 12.1. The Balaban J connectivity index is 1.29. The molecule has 1 saturated carbocycles. The van der Waals surface area contributed by atoms with Crippen LogP contribution in [0.25, 0.3) is 0 Å². The van der Waals surface area contributed by atoms with Crippen LogP contribution in [0.15, 0.2) is 12.3 Å². The molecular weight excluding hydrogens is 352 g/mol. The Morgan fingerprint density at radius 3 is 2.57 bits per heavy atom. The second-order valence-corrected chi connectivity index (χ2v) is 9.37. The first kappa shape index (κ1) is 18.5. The largest absolute Gasteiger partial charge is 0.295 e. The van der Waals surface area contributed by atoms with Gasteiger partial charge in [-0.1, -0.05) is 6.92 Å². The fourth-order valence-electron chi connectivity index (χ4n) is 6.14. The number of hydrogen-bond acceptors (Lipinski definition) is 5. The number of rotatable bonds is 5. The summed E-state index contributed by atoms with van der Waals surface area (Å²) in [5, 5.41) is 8.92. The predicted molar refractivity (Wildman–Crippen MR) is 106 cm³/mol. The van der Waals surface area contributed by atoms with Crippen molar-refractivity contribution in [3.63, 3.8) is 0 Å². The minimum Gasteiger partial charge on any atom is -0.295 e. The summed E-state index contributed by atoms with van der Waals surface area (Å²) in [4.78, 5) is 21.8. The zero-order chi connectivity index (χ0) is 19.3. The second kappa shape index (κ2) is 7.39. The van der Waals surface area contributed by atoms with E-state index in [-0.39, 0.29) is 0 Å². The summed E-state index contributed by atoms with van der Waals surface area (Å²) in [7, 11) is 0. The molecule has 0 spiro atoms. The van der Waals surface area contributed by atoms with Crippen molar-refractivity contribution in [1.82, 2.24) is 20.3 Å². The molecule has 4 aliphatic rings. The van der Waals surface area contributed by atoms with Crippen LogP contribution in [-0.4, -0.2) is 56.6 Å². The van der Waals surface area contributed by atoms with E-state index < -0.39 is 5.91 Å². The van der Waals surface area contributed by atoms with E-state index in [1.165, 1.54) is 45.1 Å². The molecule has 3 atom stereocenters. The Kier molecular flexibility index (Phi) is 4.89. The first-order valence-electron chi connectivity index (χ1n) is 11.1. The van der Waals surface area contributed by atoms with Crippen molar-refractivity contribution in [3.8, 4) is 0 Å². The number of nitrogens with one attached hydrogen (secondary N) is 1. The van der Waals surface area contributed by atoms with Crippen LogP contribution in [0.1, 0.15) is 73.5 Å². The van der Waals surface area contributed by atoms with Crippen molar-refractivity contribution in [1.29, 1.82) is 0 Å². The van der Waals surface area contributed by atoms with Gasteiger partial charge in [-0.25, -0.2) is 5.48 Å². The van der Waals surface area contributed by atoms with Gasteiger partial charge in [-0.15, -0.1) is 0 Å². The zero-order valence-electron chi connectivity index (χ0n) is 16.8. The lowest BCUT2D eigenvalue weighted by atomic mass is 9.88. The van der Waals surface area contributed by atoms with Gasteiger partial charge in [0.25, 0.3) is 5.91 Å². The summed E-state index contributed by atoms with van der Waals surface area (Å²) in [5.41, 5.74) is 4.41. The van der Waals surface area contributed by atoms with Gasteiger partial charge in [0, 0.05) is 55.6 Å². The van der Waals surface area contributed by atoms with Gasteiger partial charge in [-0.05, 0) is 62.5 Å². The molecule has 2 bridgehead atoms. The van der Waals surface area contributed by atoms with Crippen LogP contribution in [-0.2, 0) is 13.0 Å². The average Bonchev–Trinajstić information content (AvgIpc) is 3.52. The average molecular weight is 385 g/mol. The zero-order valence-corrected chi connectivity index (χ0v) is 16.8. The van der Waals surface area contributed by atoms with E-state index in [4.69, 9.17) is 5.21 Å². The molecule has 2 saturated heterocycles. The van der Waals surface area contributed by atoms with Crippen molar-refractivity contribution in [3.05, 3.63) is 29.1 Å². The fraction of sp³-hybridized carbons (Fsp3) is 0.727. The monoisotopic (exact) mass is 384 g/mol. The predicted octanol–water partition coefficient (Wildman–Crippen LogP) is 2.74. The maximum Gasteiger partial charge on any atom is 0.276 e. The molecule has 0 radical (unpaired) electrons. The molecule has 1 aliphatic carbocycles. The van der Waals surface area contributed by atoms with Crippen LogP contribution >= 0.6 is 0 Å². The van der Waals surface area contributed by atoms with E-state index in [0.29, 0.717) is 11.6 Å². The SMILES string of the molecule is CC[C@H]1Cc2ncc(C(=O)NO)cc2CN1CC1CC2CCC(C1)N2C1CC1. The molecule has 2 N–H and O–H groups in total. The molecule has 4 heterocycles. The minimum absolute atomic E-state index is 0.437. The van der Waals surface area contributed by atoms with Crippen LogP contribution in [0.5, 0.6) is 0 Å². The van der Waals surface area contributed by atoms with Crippen LogP contribution in [0.2, 0.25) is 0 Å². The van der Waals surface area contributed by atoms with E-state index in [1.54, 1.807) is 11.7 Å². The molecule has 1 aromatic rings. The number of amides is 1. The quantitative estimate of drug-likeness (QED) is 0.603. The molecule has 5 rings (SSSR count). The molecule has 152 valence electrons. The molecule has 6 heteroatoms. The Morgan fingerprint density at radius 2 is 1.93 bits per heavy atom. The standard InChI is InChI=1S/C22H32N4O2/c1-2-17-10-21-16(9-15(11-23-21)22(27)24-28)13-25(17)12-14-7-19-5-6-20(8-14)26(19)18-3-4-18/h9,11,14,17-20,28H,2-8,10,12-13H2,1H3,(H,24,27)/t14?,17-,19?,20?/m0/s1. The van der Waals surface area contributed by atoms with E-state index in [9.17, 15) is 4.79 Å². The van der Waals surface area contributed by atoms with Crippen molar-refractivity contribution in [2.24, 2.45) is 5.92 Å². The fourth-order valence-corrected chi connectivity index (χ4v) is 6.14. The Hall–Kier alpha value is -1.50. The van der Waals surface area contributed by atoms with Crippen molar-refractivity contribution >= 4 is 5.91 Å². The number of nitrogens with zero attached hydrogens (tertiary/aromatic N) is 3. The molecule has 1 amide bonds. The molecule has 1 aromatic heterocycles. The number of piperidine rings is 1. The second-order valence-electron chi connectivity index (χ2n) is 9.37. The van der Waals surface area contributed by atoms with Crippen LogP contribution in [0, 0.1) is 5.92 Å². The van der Waals surface area contributed by atoms with Gasteiger partial charge in [-0.2, -0.15) is 0 Å². The number of pyridine rings is 1. The molecule has 3 fully saturated rings. The molecule has 6 nitrogen and oxygen atoms in total. The van der Waals surface area contributed by atoms with Gasteiger partial charge in [-0.3, -0.25) is 24.8 Å². The summed E-state index contributed by atoms with van der Waals surface area (Å²) in [5.74, 6) is 0.309. The van der Waals surface area contributed by atoms with Gasteiger partial charge in [0.05, 0.1) is 5.56 Å². The highest BCUT2D eigenvalue weighted by Gasteiger charge is 2.47. The van der Waals surface area contributed by atoms with Gasteiger partial charge in [0.2, 0.25) is 0 Å². The van der Waals surface area contributed by atoms with E-state index >= 15 is 0 Å². The maximum absolute atomic E-state index is 11.8. The van der Waals surface area contributed by atoms with Gasteiger partial charge < -0.3 is 0 Å². The van der Waals surface area contributed by atoms with Gasteiger partial charge in [0.1, 0.15) is 0 Å². The molecule has 28 heavy (non-hydrogen) atoms. The summed E-state index contributed by atoms with van der Waals surface area (Å²) >= 11 is 0. The molecule has 3 aliphatic heterocycles. The Labute approximate surface area is 167 Å². The van der Waals surface area contributed by atoms with Crippen molar-refractivity contribution < 1.29 is 10.0 Å². The van der Waals surface area contributed by atoms with Crippen molar-refractivity contribution in [2.75, 3.05) is 6.54 Å². The topological polar surface area (TPSA) is 68.7 Å². The third-order valence-corrected chi connectivity index (χ3v) is 7.56. The highest BCUT2D eigenvalue weighted by molar-refractivity contribution is 5.93. The van der Waals surface area contributed by atoms with Crippen LogP contribution < -0.4 is 5.48 Å². The lowest BCUT2D eigenvalue weighted by Gasteiger charge is -2.43. The summed E-state index contributed by atoms with van der Waals surface area (Å²) in [6, 6.07) is 5.01. The number of fused-ring (bicyclic) bond motifs is 3. The lowest BCUT2D eigenvalue weighted by Crippen LogP contribution is -2.49. The van der Waals surface area contributed by atoms with E-state index in [0.717, 1.165) is 54.7 Å². The number of carbonyl (C=O) groups is 1. The minimum atomic E-state index is -0.483. The first-order chi connectivity index (χ1) is 13.7. The summed E-state index contributed by atoms with van der Waals surface area (Å²) in [6.45, 7) is 4.31. The molecule has 2 unspecified atom stereocenters. The Morgan fingerprint density at radius 1 is 1.21 bits per heavy atom. The number of aromatic nitrogens is 1. The normalized spacial score (nSPS) is 32.9. The number of hydroxylamine groups is 1. The molecular formula is C22H32N4O2. The highest BCUT2D eigenvalue weighted by Crippen LogP contribution is 2.45. The van der Waals surface area contributed by atoms with Crippen LogP contribution in [0.3, 0.4) is 0 Å². The third kappa shape index (κ3) is 3.36. The van der Waals surface area contributed by atoms with E-state index in [1.807, 2.05) is 6.07 Å². The summed E-state index contributed by atoms with van der Waals surface area (Å²) < 4.78 is 0. The highest BCUT2D eigenvalue weighted by atomic mass is 16.5. The van der Waals surface area contributed by atoms with Gasteiger partial charge >= 0.3 is 0 Å². The third-order valence-electron chi connectivity index (χ3n) is 7.56.